The summed E-state index contributed by atoms with van der Waals surface area (Å²) < 4.78 is 32.8. The third kappa shape index (κ3) is 5.29. The van der Waals surface area contributed by atoms with E-state index in [0.717, 1.165) is 24.8 Å². The zero-order valence-corrected chi connectivity index (χ0v) is 15.1. The largest absolute Gasteiger partial charge is 0.373 e. The molecule has 1 unspecified atom stereocenters. The molecule has 7 heteroatoms. The maximum Gasteiger partial charge on any atom is 0.240 e. The number of morpholine rings is 1. The quantitative estimate of drug-likeness (QED) is 0.806. The Bertz CT molecular complexity index is 643. The van der Waals surface area contributed by atoms with Crippen LogP contribution in [0.3, 0.4) is 0 Å². The van der Waals surface area contributed by atoms with Crippen molar-refractivity contribution in [2.75, 3.05) is 26.2 Å². The zero-order chi connectivity index (χ0) is 17.6. The van der Waals surface area contributed by atoms with Crippen LogP contribution in [0.25, 0.3) is 0 Å². The second-order valence-corrected chi connectivity index (χ2v) is 7.82. The number of aryl methyl sites for hydroxylation is 1. The van der Waals surface area contributed by atoms with Gasteiger partial charge in [-0.25, -0.2) is 13.1 Å². The fourth-order valence-corrected chi connectivity index (χ4v) is 3.70. The molecular weight excluding hydrogens is 328 g/mol. The van der Waals surface area contributed by atoms with Crippen molar-refractivity contribution in [3.8, 4) is 0 Å². The van der Waals surface area contributed by atoms with Crippen LogP contribution < -0.4 is 4.72 Å². The Hall–Kier alpha value is -1.44. The molecule has 0 aliphatic carbocycles. The van der Waals surface area contributed by atoms with E-state index < -0.39 is 10.0 Å². The van der Waals surface area contributed by atoms with E-state index in [9.17, 15) is 13.2 Å². The van der Waals surface area contributed by atoms with E-state index in [1.807, 2.05) is 12.1 Å². The molecule has 1 fully saturated rings. The molecule has 1 amide bonds. The summed E-state index contributed by atoms with van der Waals surface area (Å²) in [5.41, 5.74) is 1.14. The van der Waals surface area contributed by atoms with Gasteiger partial charge >= 0.3 is 0 Å². The zero-order valence-electron chi connectivity index (χ0n) is 14.3. The van der Waals surface area contributed by atoms with Crippen molar-refractivity contribution in [2.45, 2.75) is 44.1 Å². The molecule has 1 aromatic rings. The molecule has 0 saturated carbocycles. The van der Waals surface area contributed by atoms with Gasteiger partial charge in [0.1, 0.15) is 0 Å². The Morgan fingerprint density at radius 1 is 1.33 bits per heavy atom. The number of nitrogens with zero attached hydrogens (tertiary/aromatic N) is 1. The number of hydrogen-bond acceptors (Lipinski definition) is 4. The predicted octanol–water partition coefficient (Wildman–Crippen LogP) is 1.55. The number of amides is 1. The molecule has 1 N–H and O–H groups in total. The summed E-state index contributed by atoms with van der Waals surface area (Å²) >= 11 is 0. The highest BCUT2D eigenvalue weighted by molar-refractivity contribution is 7.89. The van der Waals surface area contributed by atoms with Gasteiger partial charge in [-0.05, 0) is 30.5 Å². The van der Waals surface area contributed by atoms with Crippen LogP contribution in [-0.4, -0.2) is 51.6 Å². The lowest BCUT2D eigenvalue weighted by molar-refractivity contribution is -0.136. The highest BCUT2D eigenvalue weighted by Crippen LogP contribution is 2.13. The summed E-state index contributed by atoms with van der Waals surface area (Å²) in [4.78, 5) is 13.3. The van der Waals surface area contributed by atoms with Gasteiger partial charge < -0.3 is 9.64 Å². The van der Waals surface area contributed by atoms with E-state index in [2.05, 4.69) is 11.6 Å². The molecule has 1 heterocycles. The molecule has 134 valence electrons. The van der Waals surface area contributed by atoms with Gasteiger partial charge in [-0.3, -0.25) is 4.79 Å². The second kappa shape index (κ2) is 8.60. The molecule has 1 aromatic carbocycles. The van der Waals surface area contributed by atoms with Crippen molar-refractivity contribution in [2.24, 2.45) is 0 Å². The van der Waals surface area contributed by atoms with Gasteiger partial charge in [-0.2, -0.15) is 0 Å². The number of benzene rings is 1. The number of hydrogen-bond donors (Lipinski definition) is 1. The van der Waals surface area contributed by atoms with Crippen molar-refractivity contribution in [1.82, 2.24) is 9.62 Å². The number of sulfonamides is 1. The Morgan fingerprint density at radius 3 is 2.67 bits per heavy atom. The highest BCUT2D eigenvalue weighted by atomic mass is 32.2. The third-order valence-electron chi connectivity index (χ3n) is 4.14. The summed E-state index contributed by atoms with van der Waals surface area (Å²) in [7, 11) is -3.57. The van der Waals surface area contributed by atoms with E-state index in [1.54, 1.807) is 17.0 Å². The molecule has 0 spiro atoms. The average molecular weight is 354 g/mol. The van der Waals surface area contributed by atoms with Crippen LogP contribution in [0.4, 0.5) is 0 Å². The summed E-state index contributed by atoms with van der Waals surface area (Å²) in [5.74, 6) is -0.0196. The van der Waals surface area contributed by atoms with Gasteiger partial charge in [0.2, 0.25) is 15.9 Å². The van der Waals surface area contributed by atoms with Crippen molar-refractivity contribution in [1.29, 1.82) is 0 Å². The number of ether oxygens (including phenoxy) is 1. The van der Waals surface area contributed by atoms with Crippen molar-refractivity contribution >= 4 is 15.9 Å². The highest BCUT2D eigenvalue weighted by Gasteiger charge is 2.24. The molecule has 24 heavy (non-hydrogen) atoms. The molecule has 1 saturated heterocycles. The second-order valence-electron chi connectivity index (χ2n) is 6.06. The first-order valence-corrected chi connectivity index (χ1v) is 9.86. The molecule has 1 atom stereocenters. The van der Waals surface area contributed by atoms with Crippen LogP contribution >= 0.6 is 0 Å². The Kier molecular flexibility index (Phi) is 6.77. The molecule has 2 rings (SSSR count). The minimum absolute atomic E-state index is 0.0196. The minimum Gasteiger partial charge on any atom is -0.373 e. The third-order valence-corrected chi connectivity index (χ3v) is 5.58. The summed E-state index contributed by atoms with van der Waals surface area (Å²) in [5, 5.41) is 0. The van der Waals surface area contributed by atoms with E-state index in [4.69, 9.17) is 4.74 Å². The van der Waals surface area contributed by atoms with Crippen molar-refractivity contribution in [3.63, 3.8) is 0 Å². The number of carbonyl (C=O) groups is 1. The van der Waals surface area contributed by atoms with Crippen molar-refractivity contribution < 1.29 is 17.9 Å². The van der Waals surface area contributed by atoms with E-state index in [1.165, 1.54) is 6.92 Å². The van der Waals surface area contributed by atoms with Crippen LogP contribution in [0.1, 0.15) is 32.3 Å². The lowest BCUT2D eigenvalue weighted by atomic mass is 10.1. The summed E-state index contributed by atoms with van der Waals surface area (Å²) in [6.07, 6.45) is 2.85. The number of carbonyl (C=O) groups excluding carboxylic acids is 1. The van der Waals surface area contributed by atoms with Gasteiger partial charge in [0.05, 0.1) is 17.6 Å². The fraction of sp³-hybridized carbons (Fsp3) is 0.588. The monoisotopic (exact) mass is 354 g/mol. The van der Waals surface area contributed by atoms with E-state index >= 15 is 0 Å². The van der Waals surface area contributed by atoms with Gasteiger partial charge in [0.25, 0.3) is 0 Å². The van der Waals surface area contributed by atoms with Crippen LogP contribution in [0.15, 0.2) is 29.2 Å². The predicted molar refractivity (Wildman–Crippen MR) is 92.2 cm³/mol. The Morgan fingerprint density at radius 2 is 2.04 bits per heavy atom. The van der Waals surface area contributed by atoms with Crippen molar-refractivity contribution in [3.05, 3.63) is 29.8 Å². The molecular formula is C17H26N2O4S. The standard InChI is InChI=1S/C17H26N2O4S/c1-3-4-5-15-6-8-17(9-7-15)24(21,22)18-12-16-13-19(14(2)20)10-11-23-16/h6-9,16,18H,3-5,10-13H2,1-2H3. The van der Waals surface area contributed by atoms with Gasteiger partial charge in [0, 0.05) is 26.6 Å². The molecule has 6 nitrogen and oxygen atoms in total. The molecule has 0 radical (unpaired) electrons. The van der Waals surface area contributed by atoms with E-state index in [0.29, 0.717) is 19.7 Å². The lowest BCUT2D eigenvalue weighted by Gasteiger charge is -2.32. The van der Waals surface area contributed by atoms with Gasteiger partial charge in [-0.1, -0.05) is 25.5 Å². The first-order chi connectivity index (χ1) is 11.4. The Balaban J connectivity index is 1.92. The maximum absolute atomic E-state index is 12.4. The molecule has 0 bridgehead atoms. The Labute approximate surface area is 144 Å². The van der Waals surface area contributed by atoms with Crippen LogP contribution in [-0.2, 0) is 26.0 Å². The number of nitrogens with one attached hydrogen (secondary N) is 1. The van der Waals surface area contributed by atoms with Gasteiger partial charge in [0.15, 0.2) is 0 Å². The molecule has 0 aromatic heterocycles. The molecule has 1 aliphatic rings. The van der Waals surface area contributed by atoms with Crippen LogP contribution in [0, 0.1) is 0 Å². The number of rotatable bonds is 7. The molecule has 1 aliphatic heterocycles. The summed E-state index contributed by atoms with van der Waals surface area (Å²) in [6, 6.07) is 6.99. The van der Waals surface area contributed by atoms with Crippen LogP contribution in [0.2, 0.25) is 0 Å². The number of unbranched alkanes of at least 4 members (excludes halogenated alkanes) is 1. The van der Waals surface area contributed by atoms with Gasteiger partial charge in [-0.15, -0.1) is 0 Å². The average Bonchev–Trinajstić information content (AvgIpc) is 2.59. The minimum atomic E-state index is -3.57. The van der Waals surface area contributed by atoms with Crippen LogP contribution in [0.5, 0.6) is 0 Å². The summed E-state index contributed by atoms with van der Waals surface area (Å²) in [6.45, 7) is 5.18. The van der Waals surface area contributed by atoms with E-state index in [-0.39, 0.29) is 23.5 Å². The smallest absolute Gasteiger partial charge is 0.240 e. The SMILES string of the molecule is CCCCc1ccc(S(=O)(=O)NCC2CN(C(C)=O)CCO2)cc1. The first kappa shape index (κ1) is 18.9. The fourth-order valence-electron chi connectivity index (χ4n) is 2.63. The first-order valence-electron chi connectivity index (χ1n) is 8.38. The maximum atomic E-state index is 12.4. The topological polar surface area (TPSA) is 75.7 Å². The lowest BCUT2D eigenvalue weighted by Crippen LogP contribution is -2.48. The normalized spacial score (nSPS) is 18.6.